The van der Waals surface area contributed by atoms with Crippen LogP contribution in [0.3, 0.4) is 0 Å². The molecule has 1 N–H and O–H groups in total. The summed E-state index contributed by atoms with van der Waals surface area (Å²) in [5.74, 6) is -0.436. The Labute approximate surface area is 128 Å². The van der Waals surface area contributed by atoms with Gasteiger partial charge in [0.05, 0.1) is 6.07 Å². The highest BCUT2D eigenvalue weighted by Crippen LogP contribution is 2.23. The topological polar surface area (TPSA) is 85.4 Å². The second-order valence-electron chi connectivity index (χ2n) is 5.37. The molecule has 116 valence electrons. The van der Waals surface area contributed by atoms with Gasteiger partial charge in [-0.1, -0.05) is 44.2 Å². The van der Waals surface area contributed by atoms with E-state index >= 15 is 0 Å². The summed E-state index contributed by atoms with van der Waals surface area (Å²) in [6.45, 7) is 4.61. The van der Waals surface area contributed by atoms with Gasteiger partial charge in [-0.15, -0.1) is 0 Å². The zero-order valence-electron chi connectivity index (χ0n) is 12.5. The molecule has 0 saturated heterocycles. The lowest BCUT2D eigenvalue weighted by Gasteiger charge is -2.21. The van der Waals surface area contributed by atoms with Crippen molar-refractivity contribution in [3.05, 3.63) is 63.9 Å². The predicted octanol–water partition coefficient (Wildman–Crippen LogP) is 3.36. The molecule has 2 aromatic rings. The largest absolute Gasteiger partial charge is 0.433 e. The molecule has 1 heterocycles. The van der Waals surface area contributed by atoms with E-state index in [4.69, 9.17) is 4.42 Å². The maximum Gasteiger partial charge on any atom is 0.433 e. The predicted molar refractivity (Wildman–Crippen MR) is 81.7 cm³/mol. The molecule has 0 saturated carbocycles. The number of carbonyl (C=O) groups excluding carboxylic acids is 1. The second-order valence-corrected chi connectivity index (χ2v) is 5.37. The molecule has 22 heavy (non-hydrogen) atoms. The number of nitrogens with zero attached hydrogens (tertiary/aromatic N) is 1. The lowest BCUT2D eigenvalue weighted by Crippen LogP contribution is -2.30. The summed E-state index contributed by atoms with van der Waals surface area (Å²) in [6.07, 6.45) is 0. The quantitative estimate of drug-likeness (QED) is 0.655. The third kappa shape index (κ3) is 3.72. The number of amides is 1. The van der Waals surface area contributed by atoms with Crippen LogP contribution in [0.25, 0.3) is 0 Å². The average Bonchev–Trinajstić information content (AvgIpc) is 2.98. The first kappa shape index (κ1) is 15.8. The number of hydrogen-bond donors (Lipinski definition) is 1. The molecule has 0 aliphatic carbocycles. The Hall–Kier alpha value is -2.63. The van der Waals surface area contributed by atoms with Crippen molar-refractivity contribution in [3.63, 3.8) is 0 Å². The van der Waals surface area contributed by atoms with Crippen molar-refractivity contribution < 1.29 is 14.1 Å². The van der Waals surface area contributed by atoms with E-state index < -0.39 is 16.7 Å². The second kappa shape index (κ2) is 6.89. The number of furan rings is 1. The summed E-state index contributed by atoms with van der Waals surface area (Å²) in [6, 6.07) is 12.4. The molecular weight excluding hydrogens is 284 g/mol. The van der Waals surface area contributed by atoms with Gasteiger partial charge in [-0.3, -0.25) is 14.9 Å². The summed E-state index contributed by atoms with van der Waals surface area (Å²) in [4.78, 5) is 21.9. The van der Waals surface area contributed by atoms with Crippen molar-refractivity contribution in [1.29, 1.82) is 0 Å². The maximum absolute atomic E-state index is 12.0. The Kier molecular flexibility index (Phi) is 4.93. The van der Waals surface area contributed by atoms with Crippen LogP contribution in [0.2, 0.25) is 0 Å². The minimum absolute atomic E-state index is 0.0535. The number of benzene rings is 1. The molecule has 6 nitrogen and oxygen atoms in total. The highest BCUT2D eigenvalue weighted by molar-refractivity contribution is 5.91. The highest BCUT2D eigenvalue weighted by atomic mass is 16.6. The van der Waals surface area contributed by atoms with Gasteiger partial charge in [0.2, 0.25) is 0 Å². The Bertz CT molecular complexity index is 649. The third-order valence-corrected chi connectivity index (χ3v) is 3.51. The maximum atomic E-state index is 12.0. The van der Waals surface area contributed by atoms with Crippen molar-refractivity contribution >= 4 is 11.8 Å². The van der Waals surface area contributed by atoms with E-state index in [0.29, 0.717) is 12.5 Å². The van der Waals surface area contributed by atoms with Gasteiger partial charge in [0.1, 0.15) is 4.92 Å². The van der Waals surface area contributed by atoms with E-state index in [2.05, 4.69) is 19.2 Å². The number of nitrogens with one attached hydrogen (secondary N) is 1. The number of carbonyl (C=O) groups is 1. The van der Waals surface area contributed by atoms with Gasteiger partial charge in [-0.05, 0) is 17.5 Å². The van der Waals surface area contributed by atoms with E-state index in [-0.39, 0.29) is 11.7 Å². The first-order valence-corrected chi connectivity index (χ1v) is 7.06. The van der Waals surface area contributed by atoms with Crippen LogP contribution in [-0.4, -0.2) is 17.4 Å². The smallest absolute Gasteiger partial charge is 0.395 e. The van der Waals surface area contributed by atoms with Gasteiger partial charge in [-0.2, -0.15) is 0 Å². The summed E-state index contributed by atoms with van der Waals surface area (Å²) < 4.78 is 4.89. The van der Waals surface area contributed by atoms with Gasteiger partial charge in [-0.25, -0.2) is 0 Å². The lowest BCUT2D eigenvalue weighted by atomic mass is 9.88. The van der Waals surface area contributed by atoms with E-state index in [1.807, 2.05) is 30.3 Å². The van der Waals surface area contributed by atoms with Crippen LogP contribution in [0.5, 0.6) is 0 Å². The molecular formula is C16H18N2O4. The van der Waals surface area contributed by atoms with Crippen molar-refractivity contribution in [2.45, 2.75) is 19.8 Å². The van der Waals surface area contributed by atoms with Crippen molar-refractivity contribution in [3.8, 4) is 0 Å². The number of rotatable bonds is 6. The Morgan fingerprint density at radius 1 is 1.23 bits per heavy atom. The molecule has 0 radical (unpaired) electrons. The highest BCUT2D eigenvalue weighted by Gasteiger charge is 2.20. The van der Waals surface area contributed by atoms with Crippen LogP contribution >= 0.6 is 0 Å². The Balaban J connectivity index is 2.03. The van der Waals surface area contributed by atoms with Crippen LogP contribution in [0.1, 0.15) is 35.9 Å². The van der Waals surface area contributed by atoms with Crippen LogP contribution < -0.4 is 5.32 Å². The number of nitro groups is 1. The van der Waals surface area contributed by atoms with Gasteiger partial charge in [0.25, 0.3) is 5.91 Å². The molecule has 0 fully saturated rings. The van der Waals surface area contributed by atoms with Crippen LogP contribution in [0.15, 0.2) is 46.9 Å². The average molecular weight is 302 g/mol. The van der Waals surface area contributed by atoms with E-state index in [9.17, 15) is 14.9 Å². The summed E-state index contributed by atoms with van der Waals surface area (Å²) in [5.41, 5.74) is 1.14. The monoisotopic (exact) mass is 302 g/mol. The van der Waals surface area contributed by atoms with Gasteiger partial charge in [0.15, 0.2) is 5.76 Å². The summed E-state index contributed by atoms with van der Waals surface area (Å²) in [5, 5.41) is 13.3. The van der Waals surface area contributed by atoms with Crippen LogP contribution in [-0.2, 0) is 0 Å². The first-order valence-electron chi connectivity index (χ1n) is 7.06. The fraction of sp³-hybridized carbons (Fsp3) is 0.312. The molecule has 1 aromatic carbocycles. The van der Waals surface area contributed by atoms with E-state index in [1.54, 1.807) is 0 Å². The molecule has 0 bridgehead atoms. The van der Waals surface area contributed by atoms with Crippen LogP contribution in [0.4, 0.5) is 5.88 Å². The summed E-state index contributed by atoms with van der Waals surface area (Å²) >= 11 is 0. The molecule has 6 heteroatoms. The van der Waals surface area contributed by atoms with Crippen molar-refractivity contribution in [1.82, 2.24) is 5.32 Å². The zero-order chi connectivity index (χ0) is 16.1. The Morgan fingerprint density at radius 3 is 2.45 bits per heavy atom. The lowest BCUT2D eigenvalue weighted by molar-refractivity contribution is -0.402. The Morgan fingerprint density at radius 2 is 1.91 bits per heavy atom. The van der Waals surface area contributed by atoms with Gasteiger partial charge >= 0.3 is 5.88 Å². The molecule has 1 atom stereocenters. The minimum Gasteiger partial charge on any atom is -0.395 e. The van der Waals surface area contributed by atoms with Gasteiger partial charge < -0.3 is 9.73 Å². The zero-order valence-corrected chi connectivity index (χ0v) is 12.5. The first-order chi connectivity index (χ1) is 10.5. The standard InChI is InChI=1S/C16H18N2O4/c1-11(2)13(12-6-4-3-5-7-12)10-17-16(19)14-8-9-15(22-14)18(20)21/h3-9,11,13H,10H2,1-2H3,(H,17,19)/t13-/m0/s1. The molecule has 1 amide bonds. The van der Waals surface area contributed by atoms with E-state index in [0.717, 1.165) is 5.56 Å². The van der Waals surface area contributed by atoms with Gasteiger partial charge in [0, 0.05) is 12.5 Å². The minimum atomic E-state index is -0.669. The third-order valence-electron chi connectivity index (χ3n) is 3.51. The number of hydrogen-bond acceptors (Lipinski definition) is 4. The molecule has 1 aromatic heterocycles. The normalized spacial score (nSPS) is 12.1. The summed E-state index contributed by atoms with van der Waals surface area (Å²) in [7, 11) is 0. The fourth-order valence-corrected chi connectivity index (χ4v) is 2.28. The molecule has 0 spiro atoms. The molecule has 2 rings (SSSR count). The molecule has 0 aliphatic heterocycles. The SMILES string of the molecule is CC(C)[C@H](CNC(=O)c1ccc([N+](=O)[O-])o1)c1ccccc1. The molecule has 0 aliphatic rings. The van der Waals surface area contributed by atoms with Crippen LogP contribution in [0, 0.1) is 16.0 Å². The van der Waals surface area contributed by atoms with E-state index in [1.165, 1.54) is 12.1 Å². The molecule has 0 unspecified atom stereocenters. The van der Waals surface area contributed by atoms with Crippen molar-refractivity contribution in [2.24, 2.45) is 5.92 Å². The van der Waals surface area contributed by atoms with Crippen molar-refractivity contribution in [2.75, 3.05) is 6.54 Å². The fourth-order valence-electron chi connectivity index (χ4n) is 2.28.